The Morgan fingerprint density at radius 3 is 2.65 bits per heavy atom. The van der Waals surface area contributed by atoms with Crippen LogP contribution in [-0.4, -0.2) is 25.3 Å². The van der Waals surface area contributed by atoms with Crippen molar-refractivity contribution < 1.29 is 19.4 Å². The number of carbonyl (C=O) groups is 1. The molecule has 20 heavy (non-hydrogen) atoms. The fraction of sp³-hybridized carbons (Fsp3) is 0.462. The summed E-state index contributed by atoms with van der Waals surface area (Å²) in [7, 11) is 3.06. The van der Waals surface area contributed by atoms with Crippen LogP contribution in [0.4, 0.5) is 0 Å². The lowest BCUT2D eigenvalue weighted by Gasteiger charge is -2.14. The molecule has 1 aromatic rings. The van der Waals surface area contributed by atoms with E-state index in [4.69, 9.17) is 20.1 Å². The first kappa shape index (κ1) is 15.7. The molecule has 0 aromatic heterocycles. The molecule has 1 atom stereocenters. The molecule has 0 aliphatic heterocycles. The molecule has 0 aliphatic carbocycles. The minimum absolute atomic E-state index is 0.0464. The highest BCUT2D eigenvalue weighted by Gasteiger charge is 2.13. The predicted molar refractivity (Wildman–Crippen MR) is 72.9 cm³/mol. The van der Waals surface area contributed by atoms with Gasteiger partial charge in [0.15, 0.2) is 11.5 Å². The van der Waals surface area contributed by atoms with Crippen LogP contribution in [0.2, 0.25) is 0 Å². The lowest BCUT2D eigenvalue weighted by molar-refractivity contribution is -0.137. The van der Waals surface area contributed by atoms with Crippen LogP contribution < -0.4 is 9.47 Å². The Morgan fingerprint density at radius 2 is 2.10 bits per heavy atom. The number of nitrogens with zero attached hydrogens (tertiary/aromatic N) is 3. The number of carboxylic acids is 1. The molecule has 0 bridgehead atoms. The molecular weight excluding hydrogens is 262 g/mol. The zero-order valence-electron chi connectivity index (χ0n) is 11.4. The highest BCUT2D eigenvalue weighted by Crippen LogP contribution is 2.33. The van der Waals surface area contributed by atoms with Crippen molar-refractivity contribution in [3.63, 3.8) is 0 Å². The number of carboxylic acid groups (broad SMARTS) is 1. The fourth-order valence-electron chi connectivity index (χ4n) is 1.86. The number of methoxy groups -OCH3 is 2. The molecule has 0 saturated heterocycles. The number of hydrogen-bond acceptors (Lipinski definition) is 4. The smallest absolute Gasteiger partial charge is 0.303 e. The van der Waals surface area contributed by atoms with E-state index in [1.807, 2.05) is 0 Å². The summed E-state index contributed by atoms with van der Waals surface area (Å²) >= 11 is 0. The van der Waals surface area contributed by atoms with Crippen molar-refractivity contribution in [3.05, 3.63) is 34.2 Å². The van der Waals surface area contributed by atoms with Gasteiger partial charge < -0.3 is 14.6 Å². The van der Waals surface area contributed by atoms with E-state index in [-0.39, 0.29) is 6.42 Å². The maximum atomic E-state index is 10.5. The summed E-state index contributed by atoms with van der Waals surface area (Å²) in [5.74, 6) is 0.264. The molecule has 0 aliphatic rings. The van der Waals surface area contributed by atoms with Crippen LogP contribution in [0.15, 0.2) is 23.3 Å². The van der Waals surface area contributed by atoms with Gasteiger partial charge in [0, 0.05) is 11.3 Å². The van der Waals surface area contributed by atoms with E-state index < -0.39 is 12.0 Å². The van der Waals surface area contributed by atoms with Crippen LogP contribution in [0.25, 0.3) is 10.4 Å². The molecule has 1 rings (SSSR count). The van der Waals surface area contributed by atoms with Crippen molar-refractivity contribution in [1.29, 1.82) is 0 Å². The van der Waals surface area contributed by atoms with E-state index in [1.54, 1.807) is 18.2 Å². The number of benzene rings is 1. The van der Waals surface area contributed by atoms with Crippen molar-refractivity contribution in [1.82, 2.24) is 0 Å². The number of rotatable bonds is 8. The Bertz CT molecular complexity index is 512. The zero-order chi connectivity index (χ0) is 15.0. The standard InChI is InChI=1S/C13H17N3O4/c1-19-11-7-6-9(8-12(11)20-2)10(15-16-14)4-3-5-13(17)18/h6-8,10H,3-5H2,1-2H3,(H,17,18). The minimum Gasteiger partial charge on any atom is -0.493 e. The molecule has 1 aromatic carbocycles. The Kier molecular flexibility index (Phi) is 6.19. The van der Waals surface area contributed by atoms with E-state index in [0.717, 1.165) is 5.56 Å². The van der Waals surface area contributed by atoms with Crippen LogP contribution in [0.3, 0.4) is 0 Å². The third-order valence-electron chi connectivity index (χ3n) is 2.85. The van der Waals surface area contributed by atoms with E-state index in [2.05, 4.69) is 10.0 Å². The van der Waals surface area contributed by atoms with Gasteiger partial charge >= 0.3 is 5.97 Å². The molecule has 1 N–H and O–H groups in total. The van der Waals surface area contributed by atoms with Gasteiger partial charge in [0.05, 0.1) is 20.3 Å². The molecular formula is C13H17N3O4. The zero-order valence-corrected chi connectivity index (χ0v) is 11.4. The molecule has 108 valence electrons. The van der Waals surface area contributed by atoms with E-state index in [9.17, 15) is 4.79 Å². The average molecular weight is 279 g/mol. The van der Waals surface area contributed by atoms with Crippen LogP contribution in [0, 0.1) is 0 Å². The second kappa shape index (κ2) is 7.91. The van der Waals surface area contributed by atoms with Gasteiger partial charge in [-0.15, -0.1) is 0 Å². The molecule has 0 saturated carbocycles. The maximum absolute atomic E-state index is 10.5. The molecule has 0 amide bonds. The lowest BCUT2D eigenvalue weighted by Crippen LogP contribution is -2.00. The SMILES string of the molecule is COc1ccc(C(CCCC(=O)O)N=[N+]=[N-])cc1OC. The summed E-state index contributed by atoms with van der Waals surface area (Å²) in [5, 5.41) is 12.4. The predicted octanol–water partition coefficient (Wildman–Crippen LogP) is 3.31. The summed E-state index contributed by atoms with van der Waals surface area (Å²) in [6.07, 6.45) is 0.948. The van der Waals surface area contributed by atoms with E-state index >= 15 is 0 Å². The van der Waals surface area contributed by atoms with Crippen LogP contribution in [0.1, 0.15) is 30.9 Å². The fourth-order valence-corrected chi connectivity index (χ4v) is 1.86. The molecule has 0 spiro atoms. The van der Waals surface area contributed by atoms with Gasteiger partial charge in [-0.25, -0.2) is 0 Å². The normalized spacial score (nSPS) is 11.3. The number of aliphatic carboxylic acids is 1. The van der Waals surface area contributed by atoms with Crippen LogP contribution >= 0.6 is 0 Å². The molecule has 0 radical (unpaired) electrons. The molecule has 0 fully saturated rings. The first-order chi connectivity index (χ1) is 9.62. The Labute approximate surface area is 116 Å². The van der Waals surface area contributed by atoms with Gasteiger partial charge in [0.1, 0.15) is 0 Å². The Morgan fingerprint density at radius 1 is 1.40 bits per heavy atom. The molecule has 1 unspecified atom stereocenters. The summed E-state index contributed by atoms with van der Waals surface area (Å²) < 4.78 is 10.3. The van der Waals surface area contributed by atoms with Gasteiger partial charge in [-0.2, -0.15) is 0 Å². The highest BCUT2D eigenvalue weighted by atomic mass is 16.5. The molecule has 7 heteroatoms. The summed E-state index contributed by atoms with van der Waals surface area (Å²) in [6.45, 7) is 0. The first-order valence-electron chi connectivity index (χ1n) is 6.10. The van der Waals surface area contributed by atoms with Crippen molar-refractivity contribution in [3.8, 4) is 11.5 Å². The second-order valence-corrected chi connectivity index (χ2v) is 4.12. The topological polar surface area (TPSA) is 105 Å². The van der Waals surface area contributed by atoms with Gasteiger partial charge in [-0.3, -0.25) is 4.79 Å². The monoisotopic (exact) mass is 279 g/mol. The first-order valence-corrected chi connectivity index (χ1v) is 6.10. The molecule has 7 nitrogen and oxygen atoms in total. The summed E-state index contributed by atoms with van der Waals surface area (Å²) in [6, 6.07) is 4.82. The Balaban J connectivity index is 2.90. The minimum atomic E-state index is -0.864. The van der Waals surface area contributed by atoms with Crippen molar-refractivity contribution in [2.24, 2.45) is 5.11 Å². The van der Waals surface area contributed by atoms with Crippen molar-refractivity contribution in [2.75, 3.05) is 14.2 Å². The van der Waals surface area contributed by atoms with Crippen LogP contribution in [0.5, 0.6) is 11.5 Å². The third-order valence-corrected chi connectivity index (χ3v) is 2.85. The Hall–Kier alpha value is -2.40. The van der Waals surface area contributed by atoms with Gasteiger partial charge in [0.25, 0.3) is 0 Å². The number of hydrogen-bond donors (Lipinski definition) is 1. The van der Waals surface area contributed by atoms with Gasteiger partial charge in [0.2, 0.25) is 0 Å². The quantitative estimate of drug-likeness (QED) is 0.447. The maximum Gasteiger partial charge on any atom is 0.303 e. The van der Waals surface area contributed by atoms with Crippen molar-refractivity contribution in [2.45, 2.75) is 25.3 Å². The van der Waals surface area contributed by atoms with E-state index in [0.29, 0.717) is 24.3 Å². The largest absolute Gasteiger partial charge is 0.493 e. The number of ether oxygens (including phenoxy) is 2. The highest BCUT2D eigenvalue weighted by molar-refractivity contribution is 5.66. The summed E-state index contributed by atoms with van der Waals surface area (Å²) in [5.41, 5.74) is 9.39. The van der Waals surface area contributed by atoms with Gasteiger partial charge in [-0.05, 0) is 36.1 Å². The van der Waals surface area contributed by atoms with E-state index in [1.165, 1.54) is 14.2 Å². The third kappa shape index (κ3) is 4.37. The average Bonchev–Trinajstić information content (AvgIpc) is 2.45. The van der Waals surface area contributed by atoms with Crippen molar-refractivity contribution >= 4 is 5.97 Å². The molecule has 0 heterocycles. The van der Waals surface area contributed by atoms with Gasteiger partial charge in [-0.1, -0.05) is 11.2 Å². The number of azide groups is 1. The van der Waals surface area contributed by atoms with Crippen LogP contribution in [-0.2, 0) is 4.79 Å². The second-order valence-electron chi connectivity index (χ2n) is 4.12. The lowest BCUT2D eigenvalue weighted by atomic mass is 10.0. The summed E-state index contributed by atoms with van der Waals surface area (Å²) in [4.78, 5) is 13.3.